The van der Waals surface area contributed by atoms with Crippen LogP contribution in [-0.4, -0.2) is 29.6 Å². The summed E-state index contributed by atoms with van der Waals surface area (Å²) >= 11 is 7.64. The molecule has 2 rings (SSSR count). The van der Waals surface area contributed by atoms with Crippen LogP contribution in [0.5, 0.6) is 0 Å². The largest absolute Gasteiger partial charge is 0.432 e. The van der Waals surface area contributed by atoms with Gasteiger partial charge in [-0.15, -0.1) is 11.6 Å². The Morgan fingerprint density at radius 2 is 2.64 bits per heavy atom. The highest BCUT2D eigenvalue weighted by Crippen LogP contribution is 2.25. The zero-order valence-electron chi connectivity index (χ0n) is 8.07. The second kappa shape index (κ2) is 4.45. The van der Waals surface area contributed by atoms with Crippen LogP contribution in [0.1, 0.15) is 12.1 Å². The van der Waals surface area contributed by atoms with Crippen molar-refractivity contribution in [3.8, 4) is 0 Å². The predicted molar refractivity (Wildman–Crippen MR) is 60.2 cm³/mol. The van der Waals surface area contributed by atoms with Crippen LogP contribution in [-0.2, 0) is 5.88 Å². The summed E-state index contributed by atoms with van der Waals surface area (Å²) in [4.78, 5) is 6.40. The monoisotopic (exact) mass is 232 g/mol. The highest BCUT2D eigenvalue weighted by Gasteiger charge is 2.23. The molecule has 1 aromatic heterocycles. The zero-order chi connectivity index (χ0) is 9.97. The first kappa shape index (κ1) is 10.2. The number of aromatic nitrogens is 1. The Hall–Kier alpha value is -0.350. The van der Waals surface area contributed by atoms with Crippen LogP contribution in [0.2, 0.25) is 0 Å². The van der Waals surface area contributed by atoms with Gasteiger partial charge < -0.3 is 9.32 Å². The molecule has 5 heteroatoms. The van der Waals surface area contributed by atoms with E-state index in [4.69, 9.17) is 16.0 Å². The zero-order valence-corrected chi connectivity index (χ0v) is 9.64. The van der Waals surface area contributed by atoms with Crippen molar-refractivity contribution in [3.05, 3.63) is 12.0 Å². The van der Waals surface area contributed by atoms with Crippen LogP contribution in [0.3, 0.4) is 0 Å². The first-order chi connectivity index (χ1) is 6.81. The molecule has 1 fully saturated rings. The highest BCUT2D eigenvalue weighted by atomic mass is 35.5. The third-order valence-electron chi connectivity index (χ3n) is 2.43. The summed E-state index contributed by atoms with van der Waals surface area (Å²) in [6.45, 7) is 0. The van der Waals surface area contributed by atoms with Crippen molar-refractivity contribution in [1.29, 1.82) is 0 Å². The van der Waals surface area contributed by atoms with Crippen LogP contribution in [0.15, 0.2) is 10.7 Å². The lowest BCUT2D eigenvalue weighted by Crippen LogP contribution is -2.31. The molecule has 1 atom stereocenters. The number of oxazole rings is 1. The van der Waals surface area contributed by atoms with Gasteiger partial charge in [0.2, 0.25) is 0 Å². The number of halogens is 1. The maximum absolute atomic E-state index is 5.66. The minimum atomic E-state index is 0.413. The Bertz CT molecular complexity index is 299. The van der Waals surface area contributed by atoms with Gasteiger partial charge in [-0.1, -0.05) is 0 Å². The van der Waals surface area contributed by atoms with Crippen LogP contribution >= 0.6 is 23.4 Å². The van der Waals surface area contributed by atoms with Crippen molar-refractivity contribution >= 4 is 29.4 Å². The summed E-state index contributed by atoms with van der Waals surface area (Å²) in [5.41, 5.74) is 0.805. The molecule has 78 valence electrons. The van der Waals surface area contributed by atoms with Crippen molar-refractivity contribution in [2.24, 2.45) is 0 Å². The molecule has 1 saturated heterocycles. The number of hydrogen-bond donors (Lipinski definition) is 0. The van der Waals surface area contributed by atoms with Gasteiger partial charge >= 0.3 is 0 Å². The van der Waals surface area contributed by atoms with E-state index in [1.165, 1.54) is 12.2 Å². The number of nitrogens with zero attached hydrogens (tertiary/aromatic N) is 2. The normalized spacial score (nSPS) is 21.4. The summed E-state index contributed by atoms with van der Waals surface area (Å²) in [6.07, 6.45) is 2.83. The molecule has 0 radical (unpaired) electrons. The quantitative estimate of drug-likeness (QED) is 0.749. The van der Waals surface area contributed by atoms with E-state index < -0.39 is 0 Å². The van der Waals surface area contributed by atoms with Gasteiger partial charge in [0, 0.05) is 18.8 Å². The van der Waals surface area contributed by atoms with E-state index in [0.717, 1.165) is 11.4 Å². The molecule has 0 N–H and O–H groups in total. The first-order valence-electron chi connectivity index (χ1n) is 4.62. The third kappa shape index (κ3) is 2.01. The Morgan fingerprint density at radius 1 is 1.79 bits per heavy atom. The average Bonchev–Trinajstić information content (AvgIpc) is 2.88. The lowest BCUT2D eigenvalue weighted by molar-refractivity contribution is 0.522. The summed E-state index contributed by atoms with van der Waals surface area (Å²) < 4.78 is 5.35. The fraction of sp³-hybridized carbons (Fsp3) is 0.667. The number of rotatable bonds is 3. The fourth-order valence-corrected chi connectivity index (χ4v) is 2.89. The number of alkyl halides is 1. The lowest BCUT2D eigenvalue weighted by atomic mass is 10.2. The van der Waals surface area contributed by atoms with Crippen LogP contribution in [0, 0.1) is 0 Å². The molecule has 0 spiro atoms. The molecular formula is C9H13ClN2OS. The van der Waals surface area contributed by atoms with Gasteiger partial charge in [0.25, 0.3) is 6.01 Å². The first-order valence-corrected chi connectivity index (χ1v) is 6.31. The maximum Gasteiger partial charge on any atom is 0.297 e. The molecule has 0 aromatic carbocycles. The molecule has 1 aromatic rings. The standard InChI is InChI=1S/C9H13ClN2OS/c1-12(8-2-3-14-6-8)9-11-7(4-10)5-13-9/h5,8H,2-4,6H2,1H3. The predicted octanol–water partition coefficient (Wildman–Crippen LogP) is 2.36. The molecule has 0 saturated carbocycles. The minimum Gasteiger partial charge on any atom is -0.432 e. The smallest absolute Gasteiger partial charge is 0.297 e. The average molecular weight is 233 g/mol. The summed E-state index contributed by atoms with van der Waals surface area (Å²) in [6, 6.07) is 1.25. The van der Waals surface area contributed by atoms with Crippen molar-refractivity contribution in [2.45, 2.75) is 18.3 Å². The number of hydrogen-bond acceptors (Lipinski definition) is 4. The van der Waals surface area contributed by atoms with Crippen molar-refractivity contribution < 1.29 is 4.42 Å². The summed E-state index contributed by atoms with van der Waals surface area (Å²) in [7, 11) is 2.03. The molecule has 3 nitrogen and oxygen atoms in total. The van der Waals surface area contributed by atoms with Crippen LogP contribution in [0.4, 0.5) is 6.01 Å². The van der Waals surface area contributed by atoms with E-state index in [1.807, 2.05) is 18.8 Å². The van der Waals surface area contributed by atoms with E-state index in [0.29, 0.717) is 17.9 Å². The van der Waals surface area contributed by atoms with E-state index in [1.54, 1.807) is 6.26 Å². The van der Waals surface area contributed by atoms with Gasteiger partial charge in [0.1, 0.15) is 6.26 Å². The van der Waals surface area contributed by atoms with Crippen LogP contribution in [0.25, 0.3) is 0 Å². The Kier molecular flexibility index (Phi) is 3.23. The molecular weight excluding hydrogens is 220 g/mol. The van der Waals surface area contributed by atoms with E-state index in [-0.39, 0.29) is 0 Å². The van der Waals surface area contributed by atoms with E-state index >= 15 is 0 Å². The van der Waals surface area contributed by atoms with Gasteiger partial charge in [-0.25, -0.2) is 0 Å². The Balaban J connectivity index is 2.05. The number of thioether (sulfide) groups is 1. The Labute approximate surface area is 92.8 Å². The summed E-state index contributed by atoms with van der Waals surface area (Å²) in [5, 5.41) is 0. The lowest BCUT2D eigenvalue weighted by Gasteiger charge is -2.21. The van der Waals surface area contributed by atoms with Crippen molar-refractivity contribution in [2.75, 3.05) is 23.5 Å². The molecule has 2 heterocycles. The molecule has 0 amide bonds. The molecule has 1 aliphatic heterocycles. The molecule has 1 unspecified atom stereocenters. The topological polar surface area (TPSA) is 29.3 Å². The minimum absolute atomic E-state index is 0.413. The van der Waals surface area contributed by atoms with Gasteiger partial charge in [0.15, 0.2) is 0 Å². The molecule has 14 heavy (non-hydrogen) atoms. The molecule has 0 aliphatic carbocycles. The third-order valence-corrected chi connectivity index (χ3v) is 3.85. The van der Waals surface area contributed by atoms with E-state index in [9.17, 15) is 0 Å². The Morgan fingerprint density at radius 3 is 3.21 bits per heavy atom. The van der Waals surface area contributed by atoms with Gasteiger partial charge in [-0.05, 0) is 12.2 Å². The van der Waals surface area contributed by atoms with Gasteiger partial charge in [-0.2, -0.15) is 16.7 Å². The second-order valence-electron chi connectivity index (χ2n) is 3.38. The summed E-state index contributed by atoms with van der Waals surface area (Å²) in [5.74, 6) is 2.81. The van der Waals surface area contributed by atoms with Gasteiger partial charge in [-0.3, -0.25) is 0 Å². The molecule has 0 bridgehead atoms. The molecule has 1 aliphatic rings. The van der Waals surface area contributed by atoms with Crippen molar-refractivity contribution in [1.82, 2.24) is 4.98 Å². The fourth-order valence-electron chi connectivity index (χ4n) is 1.50. The van der Waals surface area contributed by atoms with Crippen molar-refractivity contribution in [3.63, 3.8) is 0 Å². The van der Waals surface area contributed by atoms with E-state index in [2.05, 4.69) is 9.88 Å². The van der Waals surface area contributed by atoms with Gasteiger partial charge in [0.05, 0.1) is 11.6 Å². The second-order valence-corrected chi connectivity index (χ2v) is 4.80. The number of anilines is 1. The highest BCUT2D eigenvalue weighted by molar-refractivity contribution is 7.99. The SMILES string of the molecule is CN(c1nc(CCl)co1)C1CCSC1. The van der Waals surface area contributed by atoms with Crippen LogP contribution < -0.4 is 4.90 Å². The maximum atomic E-state index is 5.66.